The number of carbonyl (C=O) groups excluding carboxylic acids is 2. The molecule has 39 heavy (non-hydrogen) atoms. The van der Waals surface area contributed by atoms with Gasteiger partial charge in [0.05, 0.1) is 23.3 Å². The third-order valence-corrected chi connectivity index (χ3v) is 8.40. The van der Waals surface area contributed by atoms with Gasteiger partial charge in [-0.1, -0.05) is 114 Å². The maximum absolute atomic E-state index is 14.8. The highest BCUT2D eigenvalue weighted by Gasteiger charge is 2.61. The molecule has 6 heteroatoms. The van der Waals surface area contributed by atoms with Gasteiger partial charge in [0.1, 0.15) is 5.41 Å². The molecule has 1 saturated carbocycles. The summed E-state index contributed by atoms with van der Waals surface area (Å²) < 4.78 is 0. The summed E-state index contributed by atoms with van der Waals surface area (Å²) in [6, 6.07) is 17.6. The van der Waals surface area contributed by atoms with Crippen LogP contribution in [0, 0.1) is 5.41 Å². The van der Waals surface area contributed by atoms with Crippen molar-refractivity contribution in [1.82, 2.24) is 4.90 Å². The SMILES string of the molecule is CCCC(O)(CCC)[C@@H](c1ccccc1)N(C(=O)C1(C(N)=O)CC1)[C@H](c1ccccc1)C(O)(CCC)CCC. The first-order valence-corrected chi connectivity index (χ1v) is 14.8. The number of benzene rings is 2. The quantitative estimate of drug-likeness (QED) is 0.221. The van der Waals surface area contributed by atoms with Gasteiger partial charge in [-0.15, -0.1) is 0 Å². The Balaban J connectivity index is 2.42. The van der Waals surface area contributed by atoms with Crippen molar-refractivity contribution >= 4 is 11.8 Å². The summed E-state index contributed by atoms with van der Waals surface area (Å²) in [6.45, 7) is 8.11. The van der Waals surface area contributed by atoms with E-state index in [1.54, 1.807) is 4.90 Å². The average Bonchev–Trinajstić information content (AvgIpc) is 3.72. The molecule has 0 unspecified atom stereocenters. The van der Waals surface area contributed by atoms with E-state index in [4.69, 9.17) is 5.73 Å². The molecular formula is C33H48N2O4. The van der Waals surface area contributed by atoms with Gasteiger partial charge in [0, 0.05) is 0 Å². The Labute approximate surface area is 234 Å². The minimum absolute atomic E-state index is 0.376. The van der Waals surface area contributed by atoms with E-state index in [0.717, 1.165) is 11.1 Å². The van der Waals surface area contributed by atoms with Crippen molar-refractivity contribution in [2.24, 2.45) is 11.1 Å². The Morgan fingerprint density at radius 2 is 1.08 bits per heavy atom. The first-order chi connectivity index (χ1) is 18.6. The van der Waals surface area contributed by atoms with Gasteiger partial charge >= 0.3 is 0 Å². The van der Waals surface area contributed by atoms with E-state index in [1.165, 1.54) is 0 Å². The molecule has 0 bridgehead atoms. The summed E-state index contributed by atoms with van der Waals surface area (Å²) in [4.78, 5) is 29.3. The van der Waals surface area contributed by atoms with Crippen LogP contribution in [-0.2, 0) is 9.59 Å². The van der Waals surface area contributed by atoms with Crippen molar-refractivity contribution in [2.75, 3.05) is 0 Å². The van der Waals surface area contributed by atoms with Crippen LogP contribution in [0.4, 0.5) is 0 Å². The number of nitrogens with two attached hydrogens (primary N) is 1. The molecule has 0 spiro atoms. The first-order valence-electron chi connectivity index (χ1n) is 14.8. The minimum atomic E-state index is -1.32. The number of rotatable bonds is 16. The molecule has 1 aliphatic carbocycles. The van der Waals surface area contributed by atoms with Gasteiger partial charge in [-0.25, -0.2) is 0 Å². The third-order valence-electron chi connectivity index (χ3n) is 8.40. The van der Waals surface area contributed by atoms with E-state index < -0.39 is 40.5 Å². The maximum Gasteiger partial charge on any atom is 0.239 e. The summed E-state index contributed by atoms with van der Waals surface area (Å²) in [6.07, 6.45) is 5.48. The van der Waals surface area contributed by atoms with Gasteiger partial charge < -0.3 is 20.8 Å². The molecule has 0 heterocycles. The summed E-state index contributed by atoms with van der Waals surface area (Å²) in [5, 5.41) is 25.0. The molecule has 2 atom stereocenters. The summed E-state index contributed by atoms with van der Waals surface area (Å²) in [5.74, 6) is -1.03. The summed E-state index contributed by atoms with van der Waals surface area (Å²) in [5.41, 5.74) is 3.58. The predicted molar refractivity (Wildman–Crippen MR) is 156 cm³/mol. The fourth-order valence-corrected chi connectivity index (χ4v) is 6.58. The molecule has 3 rings (SSSR count). The monoisotopic (exact) mass is 536 g/mol. The fraction of sp³-hybridized carbons (Fsp3) is 0.576. The highest BCUT2D eigenvalue weighted by Crippen LogP contribution is 2.54. The standard InChI is InChI=1S/C33H48N2O4/c1-5-19-32(38,20-6-2)27(25-15-11-9-12-16-25)35(30(37)31(23-24-31)29(34)36)28(26-17-13-10-14-18-26)33(39,21-7-3)22-8-4/h9-18,27-28,38-39H,5-8,19-24H2,1-4H3,(H2,34,36)/t27-,28-/m1/s1. The molecule has 214 valence electrons. The molecule has 0 radical (unpaired) electrons. The van der Waals surface area contributed by atoms with E-state index in [-0.39, 0.29) is 0 Å². The molecular weight excluding hydrogens is 488 g/mol. The molecule has 0 saturated heterocycles. The van der Waals surface area contributed by atoms with Crippen LogP contribution in [-0.4, -0.2) is 38.1 Å². The zero-order chi connectivity index (χ0) is 28.7. The Bertz CT molecular complexity index is 990. The van der Waals surface area contributed by atoms with Crippen LogP contribution in [0.3, 0.4) is 0 Å². The van der Waals surface area contributed by atoms with E-state index in [0.29, 0.717) is 64.2 Å². The van der Waals surface area contributed by atoms with Gasteiger partial charge in [0.25, 0.3) is 0 Å². The lowest BCUT2D eigenvalue weighted by molar-refractivity contribution is -0.170. The van der Waals surface area contributed by atoms with Gasteiger partial charge in [-0.05, 0) is 49.7 Å². The largest absolute Gasteiger partial charge is 0.387 e. The number of hydrogen-bond donors (Lipinski definition) is 3. The minimum Gasteiger partial charge on any atom is -0.387 e. The summed E-state index contributed by atoms with van der Waals surface area (Å²) in [7, 11) is 0. The predicted octanol–water partition coefficient (Wildman–Crippen LogP) is 6.23. The Morgan fingerprint density at radius 3 is 1.33 bits per heavy atom. The van der Waals surface area contributed by atoms with Crippen LogP contribution in [0.5, 0.6) is 0 Å². The zero-order valence-corrected chi connectivity index (χ0v) is 24.2. The van der Waals surface area contributed by atoms with Gasteiger partial charge in [0.2, 0.25) is 11.8 Å². The van der Waals surface area contributed by atoms with Gasteiger partial charge in [-0.3, -0.25) is 9.59 Å². The lowest BCUT2D eigenvalue weighted by Crippen LogP contribution is -2.58. The molecule has 2 aromatic carbocycles. The van der Waals surface area contributed by atoms with Crippen molar-refractivity contribution in [3.63, 3.8) is 0 Å². The van der Waals surface area contributed by atoms with E-state index in [9.17, 15) is 19.8 Å². The Morgan fingerprint density at radius 1 is 0.744 bits per heavy atom. The van der Waals surface area contributed by atoms with Crippen molar-refractivity contribution < 1.29 is 19.8 Å². The molecule has 2 amide bonds. The molecule has 1 fully saturated rings. The van der Waals surface area contributed by atoms with Crippen LogP contribution in [0.15, 0.2) is 60.7 Å². The van der Waals surface area contributed by atoms with Gasteiger partial charge in [-0.2, -0.15) is 0 Å². The van der Waals surface area contributed by atoms with Crippen molar-refractivity contribution in [3.8, 4) is 0 Å². The number of amides is 2. The Kier molecular flexibility index (Phi) is 10.4. The van der Waals surface area contributed by atoms with Crippen LogP contribution >= 0.6 is 0 Å². The van der Waals surface area contributed by atoms with Crippen molar-refractivity contribution in [2.45, 2.75) is 115 Å². The smallest absolute Gasteiger partial charge is 0.239 e. The molecule has 4 N–H and O–H groups in total. The van der Waals surface area contributed by atoms with Crippen LogP contribution in [0.2, 0.25) is 0 Å². The van der Waals surface area contributed by atoms with Crippen LogP contribution in [0.25, 0.3) is 0 Å². The highest BCUT2D eigenvalue weighted by atomic mass is 16.3. The van der Waals surface area contributed by atoms with Crippen LogP contribution in [0.1, 0.15) is 115 Å². The molecule has 2 aromatic rings. The second kappa shape index (κ2) is 13.1. The van der Waals surface area contributed by atoms with Crippen molar-refractivity contribution in [1.29, 1.82) is 0 Å². The van der Waals surface area contributed by atoms with E-state index >= 15 is 0 Å². The van der Waals surface area contributed by atoms with E-state index in [1.807, 2.05) is 88.4 Å². The maximum atomic E-state index is 14.8. The van der Waals surface area contributed by atoms with Gasteiger partial charge in [0.15, 0.2) is 0 Å². The fourth-order valence-electron chi connectivity index (χ4n) is 6.58. The van der Waals surface area contributed by atoms with Crippen LogP contribution < -0.4 is 5.73 Å². The number of carbonyl (C=O) groups is 2. The lowest BCUT2D eigenvalue weighted by atomic mass is 9.74. The normalized spacial score (nSPS) is 16.4. The molecule has 1 aliphatic rings. The number of hydrogen-bond acceptors (Lipinski definition) is 4. The number of nitrogens with zero attached hydrogens (tertiary/aromatic N) is 1. The highest BCUT2D eigenvalue weighted by molar-refractivity contribution is 6.07. The third kappa shape index (κ3) is 6.38. The molecule has 6 nitrogen and oxygen atoms in total. The summed E-state index contributed by atoms with van der Waals surface area (Å²) >= 11 is 0. The topological polar surface area (TPSA) is 104 Å². The zero-order valence-electron chi connectivity index (χ0n) is 24.2. The van der Waals surface area contributed by atoms with Crippen molar-refractivity contribution in [3.05, 3.63) is 71.8 Å². The molecule has 0 aliphatic heterocycles. The number of primary amides is 1. The second-order valence-corrected chi connectivity index (χ2v) is 11.5. The molecule has 0 aromatic heterocycles. The number of aliphatic hydroxyl groups is 2. The Hall–Kier alpha value is -2.70. The lowest BCUT2D eigenvalue weighted by Gasteiger charge is -2.52. The first kappa shape index (κ1) is 30.8. The second-order valence-electron chi connectivity index (χ2n) is 11.5. The average molecular weight is 537 g/mol. The van der Waals surface area contributed by atoms with E-state index in [2.05, 4.69) is 0 Å².